The van der Waals surface area contributed by atoms with E-state index < -0.39 is 17.5 Å². The second kappa shape index (κ2) is 8.88. The molecule has 2 aliphatic rings. The number of alkyl halides is 1. The highest BCUT2D eigenvalue weighted by Crippen LogP contribution is 2.39. The maximum atomic E-state index is 15.2. The number of hydrogen-bond acceptors (Lipinski definition) is 4. The van der Waals surface area contributed by atoms with Crippen LogP contribution in [0.2, 0.25) is 0 Å². The molecule has 0 aromatic heterocycles. The maximum Gasteiger partial charge on any atom is 0.315 e. The molecule has 1 atom stereocenters. The number of benzene rings is 1. The summed E-state index contributed by atoms with van der Waals surface area (Å²) in [6, 6.07) is 4.37. The number of carbonyl (C=O) groups excluding carboxylic acids is 2. The molecule has 5 nitrogen and oxygen atoms in total. The van der Waals surface area contributed by atoms with Crippen molar-refractivity contribution in [2.75, 3.05) is 26.3 Å². The zero-order valence-corrected chi connectivity index (χ0v) is 16.2. The van der Waals surface area contributed by atoms with Gasteiger partial charge in [0.15, 0.2) is 5.67 Å². The molecule has 28 heavy (non-hydrogen) atoms. The second-order valence-corrected chi connectivity index (χ2v) is 7.65. The Morgan fingerprint density at radius 3 is 2.75 bits per heavy atom. The average Bonchev–Trinajstić information content (AvgIpc) is 3.31. The number of likely N-dealkylation sites (tertiary alicyclic amines) is 1. The summed E-state index contributed by atoms with van der Waals surface area (Å²) in [6.07, 6.45) is 3.93. The van der Waals surface area contributed by atoms with Crippen LogP contribution >= 0.6 is 0 Å². The van der Waals surface area contributed by atoms with Crippen molar-refractivity contribution in [1.82, 2.24) is 4.90 Å². The number of carbonyl (C=O) groups is 2. The molecule has 1 aliphatic heterocycles. The number of nitrogens with zero attached hydrogens (tertiary/aromatic N) is 1. The SMILES string of the molecule is CCOC(=O)CC(=O)N1CCC(F)(COc2ccc(F)cc2C2CCCC2)C1. The maximum absolute atomic E-state index is 15.2. The highest BCUT2D eigenvalue weighted by atomic mass is 19.1. The normalized spacial score (nSPS) is 22.5. The van der Waals surface area contributed by atoms with Crippen LogP contribution in [0.15, 0.2) is 18.2 Å². The number of halogens is 2. The Morgan fingerprint density at radius 2 is 2.04 bits per heavy atom. The molecule has 1 heterocycles. The molecule has 1 aliphatic carbocycles. The average molecular weight is 395 g/mol. The van der Waals surface area contributed by atoms with Gasteiger partial charge in [-0.25, -0.2) is 8.78 Å². The number of esters is 1. The first-order valence-corrected chi connectivity index (χ1v) is 9.95. The van der Waals surface area contributed by atoms with Gasteiger partial charge in [-0.3, -0.25) is 9.59 Å². The largest absolute Gasteiger partial charge is 0.490 e. The first-order valence-electron chi connectivity index (χ1n) is 9.95. The van der Waals surface area contributed by atoms with Crippen LogP contribution in [0.4, 0.5) is 8.78 Å². The van der Waals surface area contributed by atoms with E-state index in [0.717, 1.165) is 31.2 Å². The Bertz CT molecular complexity index is 720. The summed E-state index contributed by atoms with van der Waals surface area (Å²) < 4.78 is 39.4. The topological polar surface area (TPSA) is 55.8 Å². The third-order valence-electron chi connectivity index (χ3n) is 5.51. The van der Waals surface area contributed by atoms with Gasteiger partial charge < -0.3 is 14.4 Å². The van der Waals surface area contributed by atoms with E-state index in [4.69, 9.17) is 9.47 Å². The summed E-state index contributed by atoms with van der Waals surface area (Å²) in [6.45, 7) is 1.77. The van der Waals surface area contributed by atoms with Gasteiger partial charge >= 0.3 is 5.97 Å². The fourth-order valence-electron chi connectivity index (χ4n) is 4.03. The Kier molecular flexibility index (Phi) is 6.52. The lowest BCUT2D eigenvalue weighted by atomic mass is 9.96. The molecule has 1 saturated heterocycles. The highest BCUT2D eigenvalue weighted by Gasteiger charge is 2.41. The Hall–Kier alpha value is -2.18. The van der Waals surface area contributed by atoms with E-state index in [1.165, 1.54) is 17.0 Å². The molecule has 1 aromatic rings. The first kappa shape index (κ1) is 20.6. The van der Waals surface area contributed by atoms with Gasteiger partial charge in [0.2, 0.25) is 5.91 Å². The summed E-state index contributed by atoms with van der Waals surface area (Å²) in [5, 5.41) is 0. The Labute approximate surface area is 164 Å². The molecule has 1 unspecified atom stereocenters. The van der Waals surface area contributed by atoms with Crippen LogP contribution in [0, 0.1) is 5.82 Å². The van der Waals surface area contributed by atoms with Crippen molar-refractivity contribution in [2.45, 2.75) is 57.0 Å². The standard InChI is InChI=1S/C21H27F2NO4/c1-2-27-20(26)12-19(25)24-10-9-21(23,13-24)14-28-18-8-7-16(22)11-17(18)15-5-3-4-6-15/h7-8,11,15H,2-6,9-10,12-14H2,1H3. The van der Waals surface area contributed by atoms with E-state index in [-0.39, 0.29) is 50.9 Å². The van der Waals surface area contributed by atoms with Gasteiger partial charge in [-0.2, -0.15) is 0 Å². The van der Waals surface area contributed by atoms with E-state index in [2.05, 4.69) is 0 Å². The third kappa shape index (κ3) is 5.00. The van der Waals surface area contributed by atoms with Gasteiger partial charge in [-0.1, -0.05) is 12.8 Å². The zero-order chi connectivity index (χ0) is 20.1. The second-order valence-electron chi connectivity index (χ2n) is 7.65. The predicted molar refractivity (Wildman–Crippen MR) is 99.4 cm³/mol. The van der Waals surface area contributed by atoms with E-state index >= 15 is 4.39 Å². The minimum Gasteiger partial charge on any atom is -0.490 e. The van der Waals surface area contributed by atoms with Crippen molar-refractivity contribution < 1.29 is 27.8 Å². The fourth-order valence-corrected chi connectivity index (χ4v) is 4.03. The predicted octanol–water partition coefficient (Wildman–Crippen LogP) is 3.76. The van der Waals surface area contributed by atoms with Crippen LogP contribution in [0.5, 0.6) is 5.75 Å². The Morgan fingerprint density at radius 1 is 1.29 bits per heavy atom. The van der Waals surface area contributed by atoms with Gasteiger partial charge in [0.25, 0.3) is 0 Å². The number of hydrogen-bond donors (Lipinski definition) is 0. The molecule has 1 amide bonds. The van der Waals surface area contributed by atoms with Gasteiger partial charge in [-0.05, 0) is 43.9 Å². The van der Waals surface area contributed by atoms with E-state index in [1.54, 1.807) is 13.0 Å². The molecule has 0 radical (unpaired) electrons. The Balaban J connectivity index is 1.59. The van der Waals surface area contributed by atoms with Crippen LogP contribution < -0.4 is 4.74 Å². The van der Waals surface area contributed by atoms with Crippen molar-refractivity contribution in [1.29, 1.82) is 0 Å². The monoisotopic (exact) mass is 395 g/mol. The van der Waals surface area contributed by atoms with Gasteiger partial charge in [0.05, 0.1) is 13.2 Å². The smallest absolute Gasteiger partial charge is 0.315 e. The molecule has 1 saturated carbocycles. The van der Waals surface area contributed by atoms with Crippen molar-refractivity contribution in [2.24, 2.45) is 0 Å². The molecule has 0 spiro atoms. The van der Waals surface area contributed by atoms with Gasteiger partial charge in [-0.15, -0.1) is 0 Å². The summed E-state index contributed by atoms with van der Waals surface area (Å²) in [5.74, 6) is -0.603. The van der Waals surface area contributed by atoms with E-state index in [9.17, 15) is 14.0 Å². The summed E-state index contributed by atoms with van der Waals surface area (Å²) in [4.78, 5) is 24.9. The molecule has 7 heteroatoms. The van der Waals surface area contributed by atoms with Crippen LogP contribution in [-0.2, 0) is 14.3 Å². The van der Waals surface area contributed by atoms with Gasteiger partial charge in [0.1, 0.15) is 24.6 Å². The summed E-state index contributed by atoms with van der Waals surface area (Å²) >= 11 is 0. The minimum atomic E-state index is -1.69. The molecule has 0 N–H and O–H groups in total. The van der Waals surface area contributed by atoms with Gasteiger partial charge in [0, 0.05) is 18.5 Å². The van der Waals surface area contributed by atoms with Crippen LogP contribution in [0.1, 0.15) is 56.9 Å². The quantitative estimate of drug-likeness (QED) is 0.521. The molecular formula is C21H27F2NO4. The van der Waals surface area contributed by atoms with Crippen molar-refractivity contribution in [3.8, 4) is 5.75 Å². The molecule has 2 fully saturated rings. The highest BCUT2D eigenvalue weighted by molar-refractivity contribution is 5.94. The van der Waals surface area contributed by atoms with Crippen molar-refractivity contribution in [3.05, 3.63) is 29.6 Å². The molecular weight excluding hydrogens is 368 g/mol. The molecule has 1 aromatic carbocycles. The lowest BCUT2D eigenvalue weighted by molar-refractivity contribution is -0.148. The number of ether oxygens (including phenoxy) is 2. The fraction of sp³-hybridized carbons (Fsp3) is 0.619. The lowest BCUT2D eigenvalue weighted by Gasteiger charge is -2.23. The minimum absolute atomic E-state index is 0.120. The molecule has 3 rings (SSSR count). The first-order chi connectivity index (χ1) is 13.4. The molecule has 0 bridgehead atoms. The third-order valence-corrected chi connectivity index (χ3v) is 5.51. The number of amides is 1. The lowest BCUT2D eigenvalue weighted by Crippen LogP contribution is -2.38. The van der Waals surface area contributed by atoms with Crippen LogP contribution in [0.25, 0.3) is 0 Å². The van der Waals surface area contributed by atoms with E-state index in [0.29, 0.717) is 5.75 Å². The zero-order valence-electron chi connectivity index (χ0n) is 16.2. The van der Waals surface area contributed by atoms with Crippen molar-refractivity contribution >= 4 is 11.9 Å². The summed E-state index contributed by atoms with van der Waals surface area (Å²) in [5.41, 5.74) is -0.889. The number of rotatable bonds is 7. The van der Waals surface area contributed by atoms with Crippen LogP contribution in [-0.4, -0.2) is 48.7 Å². The summed E-state index contributed by atoms with van der Waals surface area (Å²) in [7, 11) is 0. The van der Waals surface area contributed by atoms with E-state index in [1.807, 2.05) is 0 Å². The van der Waals surface area contributed by atoms with Crippen molar-refractivity contribution in [3.63, 3.8) is 0 Å². The molecule has 154 valence electrons. The van der Waals surface area contributed by atoms with Crippen LogP contribution in [0.3, 0.4) is 0 Å².